The summed E-state index contributed by atoms with van der Waals surface area (Å²) in [5.41, 5.74) is 0.782. The highest BCUT2D eigenvalue weighted by atomic mass is 14.4. The molecule has 0 heterocycles. The van der Waals surface area contributed by atoms with Crippen LogP contribution in [-0.2, 0) is 0 Å². The summed E-state index contributed by atoms with van der Waals surface area (Å²) in [5.74, 6) is 0. The highest BCUT2D eigenvalue weighted by Crippen LogP contribution is 2.46. The molecule has 0 radical (unpaired) electrons. The molecule has 1 aliphatic rings. The van der Waals surface area contributed by atoms with Gasteiger partial charge in [0.25, 0.3) is 0 Å². The molecule has 25 heavy (non-hydrogen) atoms. The Balaban J connectivity index is 2.01. The first-order valence-electron chi connectivity index (χ1n) is 12.3. The van der Waals surface area contributed by atoms with Crippen LogP contribution in [0.25, 0.3) is 0 Å². The van der Waals surface area contributed by atoms with E-state index in [9.17, 15) is 0 Å². The molecule has 0 nitrogen and oxygen atoms in total. The highest BCUT2D eigenvalue weighted by molar-refractivity contribution is 4.84. The van der Waals surface area contributed by atoms with Crippen molar-refractivity contribution in [3.8, 4) is 0 Å². The molecule has 0 aromatic heterocycles. The van der Waals surface area contributed by atoms with Gasteiger partial charge in [-0.1, -0.05) is 129 Å². The number of hydrogen-bond donors (Lipinski definition) is 0. The second kappa shape index (κ2) is 16.2. The number of rotatable bonds is 18. The Morgan fingerprint density at radius 2 is 0.760 bits per heavy atom. The van der Waals surface area contributed by atoms with Gasteiger partial charge in [0.05, 0.1) is 0 Å². The van der Waals surface area contributed by atoms with Crippen molar-refractivity contribution < 1.29 is 0 Å². The van der Waals surface area contributed by atoms with Crippen LogP contribution in [0.1, 0.15) is 155 Å². The fraction of sp³-hybridized carbons (Fsp3) is 1.00. The van der Waals surface area contributed by atoms with Crippen LogP contribution >= 0.6 is 0 Å². The molecule has 1 fully saturated rings. The summed E-state index contributed by atoms with van der Waals surface area (Å²) in [6.07, 6.45) is 32.8. The van der Waals surface area contributed by atoms with Crippen molar-refractivity contribution >= 4 is 0 Å². The van der Waals surface area contributed by atoms with Gasteiger partial charge in [0.1, 0.15) is 0 Å². The molecule has 0 aromatic carbocycles. The van der Waals surface area contributed by atoms with E-state index in [1.165, 1.54) is 116 Å². The van der Waals surface area contributed by atoms with Crippen molar-refractivity contribution in [2.75, 3.05) is 0 Å². The van der Waals surface area contributed by atoms with Crippen molar-refractivity contribution in [2.24, 2.45) is 5.41 Å². The van der Waals surface area contributed by atoms with Gasteiger partial charge >= 0.3 is 0 Å². The zero-order chi connectivity index (χ0) is 18.1. The van der Waals surface area contributed by atoms with E-state index in [2.05, 4.69) is 13.8 Å². The third kappa shape index (κ3) is 12.1. The molecule has 0 aliphatic heterocycles. The minimum atomic E-state index is 0.782. The van der Waals surface area contributed by atoms with Crippen LogP contribution in [0.4, 0.5) is 0 Å². The molecule has 0 heteroatoms. The van der Waals surface area contributed by atoms with Gasteiger partial charge in [0.2, 0.25) is 0 Å². The summed E-state index contributed by atoms with van der Waals surface area (Å²) >= 11 is 0. The standard InChI is InChI=1S/C25H50/c1-3-5-7-9-11-13-15-17-21-25(23-19-20-24-25)22-18-16-14-12-10-8-6-4-2/h3-24H2,1-2H3. The molecule has 0 atom stereocenters. The van der Waals surface area contributed by atoms with E-state index in [1.807, 2.05) is 0 Å². The summed E-state index contributed by atoms with van der Waals surface area (Å²) in [7, 11) is 0. The molecule has 1 aliphatic carbocycles. The number of unbranched alkanes of at least 4 members (excludes halogenated alkanes) is 14. The van der Waals surface area contributed by atoms with Gasteiger partial charge in [0, 0.05) is 0 Å². The third-order valence-corrected chi connectivity index (χ3v) is 6.79. The quantitative estimate of drug-likeness (QED) is 0.216. The molecule has 0 amide bonds. The van der Waals surface area contributed by atoms with Gasteiger partial charge in [-0.2, -0.15) is 0 Å². The highest BCUT2D eigenvalue weighted by Gasteiger charge is 2.32. The molecular weight excluding hydrogens is 300 g/mol. The second-order valence-corrected chi connectivity index (χ2v) is 9.16. The van der Waals surface area contributed by atoms with Gasteiger partial charge in [-0.3, -0.25) is 0 Å². The molecular formula is C25H50. The van der Waals surface area contributed by atoms with Crippen LogP contribution < -0.4 is 0 Å². The first-order valence-corrected chi connectivity index (χ1v) is 12.3. The van der Waals surface area contributed by atoms with E-state index in [0.29, 0.717) is 0 Å². The van der Waals surface area contributed by atoms with Crippen molar-refractivity contribution in [1.29, 1.82) is 0 Å². The summed E-state index contributed by atoms with van der Waals surface area (Å²) < 4.78 is 0. The topological polar surface area (TPSA) is 0 Å². The molecule has 1 rings (SSSR count). The Labute approximate surface area is 160 Å². The molecule has 1 saturated carbocycles. The maximum Gasteiger partial charge on any atom is -0.0297 e. The molecule has 0 aromatic rings. The maximum atomic E-state index is 2.31. The molecule has 0 saturated heterocycles. The van der Waals surface area contributed by atoms with Crippen LogP contribution in [0.15, 0.2) is 0 Å². The van der Waals surface area contributed by atoms with Gasteiger partial charge < -0.3 is 0 Å². The van der Waals surface area contributed by atoms with Gasteiger partial charge in [-0.25, -0.2) is 0 Å². The van der Waals surface area contributed by atoms with Crippen LogP contribution in [0, 0.1) is 5.41 Å². The van der Waals surface area contributed by atoms with E-state index in [1.54, 1.807) is 25.7 Å². The monoisotopic (exact) mass is 350 g/mol. The van der Waals surface area contributed by atoms with E-state index >= 15 is 0 Å². The second-order valence-electron chi connectivity index (χ2n) is 9.16. The van der Waals surface area contributed by atoms with Crippen LogP contribution in [-0.4, -0.2) is 0 Å². The smallest absolute Gasteiger partial charge is 0.0297 e. The van der Waals surface area contributed by atoms with Crippen molar-refractivity contribution in [1.82, 2.24) is 0 Å². The first kappa shape index (κ1) is 23.0. The third-order valence-electron chi connectivity index (χ3n) is 6.79. The molecule has 0 unspecified atom stereocenters. The molecule has 0 N–H and O–H groups in total. The fourth-order valence-electron chi connectivity index (χ4n) is 5.02. The Bertz CT molecular complexity index is 239. The molecule has 0 bridgehead atoms. The maximum absolute atomic E-state index is 2.31. The van der Waals surface area contributed by atoms with E-state index in [4.69, 9.17) is 0 Å². The van der Waals surface area contributed by atoms with Crippen LogP contribution in [0.2, 0.25) is 0 Å². The zero-order valence-corrected chi connectivity index (χ0v) is 18.1. The minimum absolute atomic E-state index is 0.782. The fourth-order valence-corrected chi connectivity index (χ4v) is 5.02. The molecule has 150 valence electrons. The summed E-state index contributed by atoms with van der Waals surface area (Å²) in [4.78, 5) is 0. The van der Waals surface area contributed by atoms with Crippen LogP contribution in [0.3, 0.4) is 0 Å². The minimum Gasteiger partial charge on any atom is -0.0654 e. The Hall–Kier alpha value is 0. The van der Waals surface area contributed by atoms with Crippen molar-refractivity contribution in [2.45, 2.75) is 155 Å². The lowest BCUT2D eigenvalue weighted by molar-refractivity contribution is 0.229. The Morgan fingerprint density at radius 1 is 0.440 bits per heavy atom. The lowest BCUT2D eigenvalue weighted by Gasteiger charge is -2.29. The summed E-state index contributed by atoms with van der Waals surface area (Å²) in [6, 6.07) is 0. The lowest BCUT2D eigenvalue weighted by atomic mass is 9.76. The predicted octanol–water partition coefficient (Wildman–Crippen LogP) is 9.61. The normalized spacial score (nSPS) is 16.6. The average molecular weight is 351 g/mol. The van der Waals surface area contributed by atoms with Gasteiger partial charge in [0.15, 0.2) is 0 Å². The van der Waals surface area contributed by atoms with Crippen molar-refractivity contribution in [3.05, 3.63) is 0 Å². The zero-order valence-electron chi connectivity index (χ0n) is 18.1. The predicted molar refractivity (Wildman–Crippen MR) is 115 cm³/mol. The Kier molecular flexibility index (Phi) is 14.9. The summed E-state index contributed by atoms with van der Waals surface area (Å²) in [6.45, 7) is 4.63. The van der Waals surface area contributed by atoms with E-state index < -0.39 is 0 Å². The van der Waals surface area contributed by atoms with Gasteiger partial charge in [-0.05, 0) is 31.1 Å². The Morgan fingerprint density at radius 3 is 1.12 bits per heavy atom. The lowest BCUT2D eigenvalue weighted by Crippen LogP contribution is -2.16. The van der Waals surface area contributed by atoms with E-state index in [-0.39, 0.29) is 0 Å². The number of hydrogen-bond acceptors (Lipinski definition) is 0. The SMILES string of the molecule is CCCCCCCCCCC1(CCCCCCCCCC)CCCC1. The van der Waals surface area contributed by atoms with Crippen LogP contribution in [0.5, 0.6) is 0 Å². The first-order chi connectivity index (χ1) is 12.3. The summed E-state index contributed by atoms with van der Waals surface area (Å²) in [5, 5.41) is 0. The van der Waals surface area contributed by atoms with Crippen molar-refractivity contribution in [3.63, 3.8) is 0 Å². The largest absolute Gasteiger partial charge is 0.0654 e. The van der Waals surface area contributed by atoms with E-state index in [0.717, 1.165) is 5.41 Å². The molecule has 0 spiro atoms. The average Bonchev–Trinajstić information content (AvgIpc) is 3.09. The van der Waals surface area contributed by atoms with Gasteiger partial charge in [-0.15, -0.1) is 0 Å².